The van der Waals surface area contributed by atoms with Gasteiger partial charge in [-0.3, -0.25) is 9.84 Å². The van der Waals surface area contributed by atoms with Crippen molar-refractivity contribution in [3.8, 4) is 34.1 Å². The number of ether oxygens (including phenoxy) is 2. The summed E-state index contributed by atoms with van der Waals surface area (Å²) >= 11 is 0. The summed E-state index contributed by atoms with van der Waals surface area (Å²) in [5, 5.41) is 2.65. The van der Waals surface area contributed by atoms with E-state index in [4.69, 9.17) is 9.47 Å². The topological polar surface area (TPSA) is 28.2 Å². The molecular formula is C57H59B2N3O2. The molecule has 5 nitrogen and oxygen atoms in total. The predicted octanol–water partition coefficient (Wildman–Crippen LogP) is 12.6. The Morgan fingerprint density at radius 1 is 0.625 bits per heavy atom. The lowest BCUT2D eigenvalue weighted by molar-refractivity contribution is 0.239. The molecule has 320 valence electrons. The van der Waals surface area contributed by atoms with Crippen molar-refractivity contribution in [2.45, 2.75) is 124 Å². The molecule has 4 atom stereocenters. The van der Waals surface area contributed by atoms with Crippen LogP contribution in [0.2, 0.25) is 0 Å². The summed E-state index contributed by atoms with van der Waals surface area (Å²) in [4.78, 5) is 5.43. The van der Waals surface area contributed by atoms with Crippen molar-refractivity contribution in [2.75, 3.05) is 9.91 Å². The number of aryl methyl sites for hydroxylation is 2. The van der Waals surface area contributed by atoms with E-state index in [-0.39, 0.29) is 24.5 Å². The minimum absolute atomic E-state index is 0.0483. The molecule has 7 aliphatic rings. The number of benzene rings is 6. The Morgan fingerprint density at radius 2 is 1.33 bits per heavy atom. The molecule has 6 aromatic rings. The Hall–Kier alpha value is -5.39. The van der Waals surface area contributed by atoms with E-state index in [0.29, 0.717) is 17.8 Å². The van der Waals surface area contributed by atoms with Crippen LogP contribution in [0.25, 0.3) is 11.1 Å². The van der Waals surface area contributed by atoms with Gasteiger partial charge in [0, 0.05) is 16.7 Å². The van der Waals surface area contributed by atoms with E-state index in [0.717, 1.165) is 41.0 Å². The summed E-state index contributed by atoms with van der Waals surface area (Å²) < 4.78 is 14.7. The SMILES string of the molecule is CCC1CC2CC(C)CC(C2)c2c1cc1c3c2Oc2ccccc2N3c2cc(C(C)(C)C)cc3c2B1N1B2c4cc(C)c(-c5ccccc5C)cc4Oc4cc(C(C)(C)C)cc(c42)N31. The Morgan fingerprint density at radius 3 is 2.09 bits per heavy atom. The molecule has 5 heterocycles. The maximum absolute atomic E-state index is 7.47. The summed E-state index contributed by atoms with van der Waals surface area (Å²) in [6, 6.07) is 35.0. The van der Waals surface area contributed by atoms with Crippen molar-refractivity contribution in [3.05, 3.63) is 124 Å². The average molecular weight is 840 g/mol. The molecule has 0 aromatic heterocycles. The fourth-order valence-electron chi connectivity index (χ4n) is 13.5. The first-order valence-corrected chi connectivity index (χ1v) is 24.3. The first-order valence-electron chi connectivity index (χ1n) is 24.3. The smallest absolute Gasteiger partial charge is 0.310 e. The molecule has 4 unspecified atom stereocenters. The molecular weight excluding hydrogens is 780 g/mol. The highest BCUT2D eigenvalue weighted by Crippen LogP contribution is 2.61. The quantitative estimate of drug-likeness (QED) is 0.162. The van der Waals surface area contributed by atoms with Crippen molar-refractivity contribution in [2.24, 2.45) is 11.8 Å². The fourth-order valence-corrected chi connectivity index (χ4v) is 13.5. The van der Waals surface area contributed by atoms with Crippen LogP contribution in [0.1, 0.15) is 133 Å². The van der Waals surface area contributed by atoms with Gasteiger partial charge in [0.05, 0.1) is 22.7 Å². The number of rotatable bonds is 2. The number of fused-ring (bicyclic) bond motifs is 16. The van der Waals surface area contributed by atoms with Crippen molar-refractivity contribution in [1.29, 1.82) is 0 Å². The normalized spacial score (nSPS) is 21.8. The van der Waals surface area contributed by atoms with Gasteiger partial charge in [-0.15, -0.1) is 0 Å². The zero-order valence-corrected chi connectivity index (χ0v) is 39.3. The highest BCUT2D eigenvalue weighted by atomic mass is 16.5. The lowest BCUT2D eigenvalue weighted by Crippen LogP contribution is -2.67. The number of hydrazine groups is 1. The number of hydrogen-bond acceptors (Lipinski definition) is 5. The number of nitrogens with zero attached hydrogens (tertiary/aromatic N) is 3. The summed E-state index contributed by atoms with van der Waals surface area (Å²) in [7, 11) is 0. The monoisotopic (exact) mass is 839 g/mol. The first kappa shape index (κ1) is 39.0. The highest BCUT2D eigenvalue weighted by Gasteiger charge is 2.60. The maximum Gasteiger partial charge on any atom is 0.310 e. The third kappa shape index (κ3) is 5.25. The number of anilines is 5. The second-order valence-electron chi connectivity index (χ2n) is 22.7. The van der Waals surface area contributed by atoms with Gasteiger partial charge < -0.3 is 14.4 Å². The van der Waals surface area contributed by atoms with Gasteiger partial charge in [0.1, 0.15) is 11.5 Å². The number of para-hydroxylation sites is 2. The number of hydrogen-bond donors (Lipinski definition) is 0. The Balaban J connectivity index is 1.14. The van der Waals surface area contributed by atoms with Crippen LogP contribution >= 0.6 is 0 Å². The molecule has 0 spiro atoms. The van der Waals surface area contributed by atoms with Gasteiger partial charge in [0.15, 0.2) is 11.5 Å². The summed E-state index contributed by atoms with van der Waals surface area (Å²) in [6.45, 7) is 23.4. The third-order valence-electron chi connectivity index (χ3n) is 16.5. The predicted molar refractivity (Wildman–Crippen MR) is 267 cm³/mol. The fraction of sp³-hybridized carbons (Fsp3) is 0.368. The molecule has 6 aromatic carbocycles. The molecule has 64 heavy (non-hydrogen) atoms. The average Bonchev–Trinajstić information content (AvgIpc) is 3.74. The standard InChI is InChI=1S/C57H59B2N3O2/c1-11-35-23-34-20-31(2)21-36(24-34)51-41(35)29-43-54-55(51)64-48-19-15-14-18-44(48)60(54)45-25-37(56(5,6)7)26-46-52(45)59(43)62-58-42-22-33(4)40(39-17-13-12-16-32(39)3)30-49(42)63-50-28-38(57(8,9)10)27-47(53(50)58)61(46)62/h12-19,22,25-31,34-36H,11,20-21,23-24H2,1-10H3. The molecule has 0 amide bonds. The van der Waals surface area contributed by atoms with Crippen LogP contribution in [-0.4, -0.2) is 18.5 Å². The van der Waals surface area contributed by atoms with Crippen molar-refractivity contribution < 1.29 is 9.47 Å². The van der Waals surface area contributed by atoms with Gasteiger partial charge in [-0.1, -0.05) is 104 Å². The van der Waals surface area contributed by atoms with E-state index in [9.17, 15) is 0 Å². The lowest BCUT2D eigenvalue weighted by Gasteiger charge is -2.44. The molecule has 7 heteroatoms. The van der Waals surface area contributed by atoms with E-state index in [1.165, 1.54) is 109 Å². The molecule has 5 aliphatic heterocycles. The van der Waals surface area contributed by atoms with Crippen LogP contribution in [-0.2, 0) is 10.8 Å². The zero-order chi connectivity index (χ0) is 43.9. The Labute approximate surface area is 381 Å². The van der Waals surface area contributed by atoms with E-state index >= 15 is 0 Å². The molecule has 13 rings (SSSR count). The molecule has 0 N–H and O–H groups in total. The van der Waals surface area contributed by atoms with Crippen molar-refractivity contribution >= 4 is 64.0 Å². The van der Waals surface area contributed by atoms with E-state index in [1.807, 2.05) is 0 Å². The minimum atomic E-state index is -0.0914. The minimum Gasteiger partial charge on any atom is -0.458 e. The summed E-state index contributed by atoms with van der Waals surface area (Å²) in [5.74, 6) is 6.46. The Kier molecular flexibility index (Phi) is 8.00. The molecule has 1 fully saturated rings. The summed E-state index contributed by atoms with van der Waals surface area (Å²) in [6.07, 6.45) is 6.24. The van der Waals surface area contributed by atoms with Crippen LogP contribution in [0.5, 0.6) is 23.0 Å². The van der Waals surface area contributed by atoms with E-state index in [2.05, 4.69) is 175 Å². The molecule has 1 saturated carbocycles. The van der Waals surface area contributed by atoms with E-state index < -0.39 is 0 Å². The summed E-state index contributed by atoms with van der Waals surface area (Å²) in [5.41, 5.74) is 22.0. The van der Waals surface area contributed by atoms with Gasteiger partial charge in [0.2, 0.25) is 0 Å². The molecule has 2 bridgehead atoms. The van der Waals surface area contributed by atoms with Gasteiger partial charge in [-0.25, -0.2) is 0 Å². The highest BCUT2D eigenvalue weighted by molar-refractivity contribution is 7.02. The van der Waals surface area contributed by atoms with Gasteiger partial charge in [-0.2, -0.15) is 0 Å². The molecule has 0 radical (unpaired) electrons. The van der Waals surface area contributed by atoms with Crippen LogP contribution in [0.15, 0.2) is 91.0 Å². The van der Waals surface area contributed by atoms with Gasteiger partial charge in [-0.05, 0) is 178 Å². The van der Waals surface area contributed by atoms with Gasteiger partial charge >= 0.3 is 13.7 Å². The van der Waals surface area contributed by atoms with Crippen LogP contribution in [0.4, 0.5) is 28.4 Å². The van der Waals surface area contributed by atoms with Gasteiger partial charge in [0.25, 0.3) is 0 Å². The zero-order valence-electron chi connectivity index (χ0n) is 39.3. The maximum atomic E-state index is 7.47. The van der Waals surface area contributed by atoms with Crippen LogP contribution in [0.3, 0.4) is 0 Å². The second kappa shape index (κ2) is 13.1. The van der Waals surface area contributed by atoms with Crippen molar-refractivity contribution in [1.82, 2.24) is 4.83 Å². The largest absolute Gasteiger partial charge is 0.458 e. The Bertz CT molecular complexity index is 3030. The first-order chi connectivity index (χ1) is 30.7. The van der Waals surface area contributed by atoms with Crippen LogP contribution in [0, 0.1) is 25.7 Å². The molecule has 0 saturated heterocycles. The van der Waals surface area contributed by atoms with E-state index in [1.54, 1.807) is 5.56 Å². The van der Waals surface area contributed by atoms with Crippen molar-refractivity contribution in [3.63, 3.8) is 0 Å². The van der Waals surface area contributed by atoms with Crippen LogP contribution < -0.4 is 41.2 Å². The third-order valence-corrected chi connectivity index (χ3v) is 16.5. The molecule has 2 aliphatic carbocycles. The second-order valence-corrected chi connectivity index (χ2v) is 22.7. The lowest BCUT2D eigenvalue weighted by atomic mass is 9.37.